The summed E-state index contributed by atoms with van der Waals surface area (Å²) in [5, 5.41) is 0. The van der Waals surface area contributed by atoms with Crippen molar-refractivity contribution in [2.75, 3.05) is 28.4 Å². The van der Waals surface area contributed by atoms with Crippen LogP contribution < -0.4 is 18.9 Å². The van der Waals surface area contributed by atoms with Crippen LogP contribution in [0.2, 0.25) is 0 Å². The molecule has 4 aromatic carbocycles. The van der Waals surface area contributed by atoms with E-state index in [1.807, 2.05) is 60.7 Å². The molecule has 4 aromatic rings. The van der Waals surface area contributed by atoms with Gasteiger partial charge in [0.05, 0.1) is 28.4 Å². The van der Waals surface area contributed by atoms with Crippen molar-refractivity contribution >= 4 is 36.1 Å². The van der Waals surface area contributed by atoms with Gasteiger partial charge < -0.3 is 18.9 Å². The first kappa shape index (κ1) is 26.0. The van der Waals surface area contributed by atoms with E-state index in [9.17, 15) is 0 Å². The number of ether oxygens (including phenoxy) is 4. The smallest absolute Gasteiger partial charge is 0.120 e. The Bertz CT molecular complexity index is 1270. The SMILES string of the molecule is COc1ccc(C=Cc2ccc(OC)cc2Sc2cc(OC)ccc2C=Cc2ccc(OC)cc2)cc1. The highest BCUT2D eigenvalue weighted by Crippen LogP contribution is 2.38. The van der Waals surface area contributed by atoms with Crippen LogP contribution in [0.3, 0.4) is 0 Å². The standard InChI is InChI=1S/C32H30O4S/c1-33-27-15-7-23(8-16-27)5-11-25-13-19-29(35-3)21-31(25)37-32-22-30(36-4)20-14-26(32)12-6-24-9-17-28(34-2)18-10-24/h5-22H,1-4H3. The maximum atomic E-state index is 5.53. The third-order valence-corrected chi connectivity index (χ3v) is 6.95. The Hall–Kier alpha value is -4.09. The minimum atomic E-state index is 0.808. The van der Waals surface area contributed by atoms with Crippen molar-refractivity contribution in [3.63, 3.8) is 0 Å². The van der Waals surface area contributed by atoms with Gasteiger partial charge in [-0.25, -0.2) is 0 Å². The highest BCUT2D eigenvalue weighted by Gasteiger charge is 2.10. The second-order valence-corrected chi connectivity index (χ2v) is 9.21. The summed E-state index contributed by atoms with van der Waals surface area (Å²) in [6, 6.07) is 28.2. The lowest BCUT2D eigenvalue weighted by molar-refractivity contribution is 0.413. The van der Waals surface area contributed by atoms with Crippen molar-refractivity contribution in [3.05, 3.63) is 107 Å². The van der Waals surface area contributed by atoms with Gasteiger partial charge in [0.15, 0.2) is 0 Å². The third kappa shape index (κ3) is 6.99. The van der Waals surface area contributed by atoms with E-state index in [4.69, 9.17) is 18.9 Å². The zero-order valence-corrected chi connectivity index (χ0v) is 22.3. The molecule has 0 heterocycles. The molecule has 0 bridgehead atoms. The van der Waals surface area contributed by atoms with Gasteiger partial charge in [-0.1, -0.05) is 72.5 Å². The molecule has 0 aliphatic rings. The Labute approximate surface area is 223 Å². The van der Waals surface area contributed by atoms with Crippen molar-refractivity contribution in [2.24, 2.45) is 0 Å². The number of hydrogen-bond donors (Lipinski definition) is 0. The normalized spacial score (nSPS) is 11.1. The number of hydrogen-bond acceptors (Lipinski definition) is 5. The summed E-state index contributed by atoms with van der Waals surface area (Å²) in [4.78, 5) is 2.16. The maximum Gasteiger partial charge on any atom is 0.120 e. The lowest BCUT2D eigenvalue weighted by atomic mass is 10.1. The van der Waals surface area contributed by atoms with Crippen LogP contribution in [0, 0.1) is 0 Å². The molecule has 0 amide bonds. The molecule has 0 aliphatic heterocycles. The molecule has 0 fully saturated rings. The monoisotopic (exact) mass is 510 g/mol. The lowest BCUT2D eigenvalue weighted by Gasteiger charge is -2.12. The van der Waals surface area contributed by atoms with Crippen molar-refractivity contribution in [3.8, 4) is 23.0 Å². The van der Waals surface area contributed by atoms with E-state index in [0.29, 0.717) is 0 Å². The summed E-state index contributed by atoms with van der Waals surface area (Å²) in [7, 11) is 6.71. The van der Waals surface area contributed by atoms with E-state index in [-0.39, 0.29) is 0 Å². The van der Waals surface area contributed by atoms with Crippen LogP contribution in [0.15, 0.2) is 94.7 Å². The molecule has 0 saturated carbocycles. The molecule has 0 unspecified atom stereocenters. The molecule has 188 valence electrons. The molecule has 0 aliphatic carbocycles. The molecule has 0 radical (unpaired) electrons. The minimum absolute atomic E-state index is 0.808. The van der Waals surface area contributed by atoms with Crippen LogP contribution in [0.1, 0.15) is 22.3 Å². The predicted octanol–water partition coefficient (Wildman–Crippen LogP) is 8.21. The number of methoxy groups -OCH3 is 4. The first-order chi connectivity index (χ1) is 18.1. The van der Waals surface area contributed by atoms with Gasteiger partial charge in [-0.2, -0.15) is 0 Å². The second-order valence-electron chi connectivity index (χ2n) is 8.12. The molecule has 5 heteroatoms. The van der Waals surface area contributed by atoms with Crippen molar-refractivity contribution < 1.29 is 18.9 Å². The van der Waals surface area contributed by atoms with Gasteiger partial charge in [0.2, 0.25) is 0 Å². The van der Waals surface area contributed by atoms with E-state index in [1.54, 1.807) is 40.2 Å². The fourth-order valence-corrected chi connectivity index (χ4v) is 4.75. The summed E-state index contributed by atoms with van der Waals surface area (Å²) in [5.74, 6) is 3.29. The summed E-state index contributed by atoms with van der Waals surface area (Å²) < 4.78 is 21.6. The highest BCUT2D eigenvalue weighted by molar-refractivity contribution is 7.99. The Morgan fingerprint density at radius 2 is 0.784 bits per heavy atom. The Morgan fingerprint density at radius 3 is 1.14 bits per heavy atom. The number of benzene rings is 4. The summed E-state index contributed by atoms with van der Waals surface area (Å²) in [6.07, 6.45) is 8.44. The van der Waals surface area contributed by atoms with E-state index in [1.165, 1.54) is 0 Å². The van der Waals surface area contributed by atoms with Gasteiger partial charge in [-0.15, -0.1) is 0 Å². The van der Waals surface area contributed by atoms with Crippen molar-refractivity contribution in [1.82, 2.24) is 0 Å². The largest absolute Gasteiger partial charge is 0.497 e. The summed E-state index contributed by atoms with van der Waals surface area (Å²) >= 11 is 1.68. The molecule has 37 heavy (non-hydrogen) atoms. The predicted molar refractivity (Wildman–Crippen MR) is 154 cm³/mol. The van der Waals surface area contributed by atoms with Crippen LogP contribution in [-0.2, 0) is 0 Å². The minimum Gasteiger partial charge on any atom is -0.497 e. The summed E-state index contributed by atoms with van der Waals surface area (Å²) in [5.41, 5.74) is 4.37. The van der Waals surface area contributed by atoms with Gasteiger partial charge in [-0.05, 0) is 70.8 Å². The van der Waals surface area contributed by atoms with Crippen LogP contribution >= 0.6 is 11.8 Å². The van der Waals surface area contributed by atoms with Crippen molar-refractivity contribution in [2.45, 2.75) is 9.79 Å². The van der Waals surface area contributed by atoms with Crippen LogP contribution in [0.25, 0.3) is 24.3 Å². The van der Waals surface area contributed by atoms with E-state index in [0.717, 1.165) is 55.0 Å². The van der Waals surface area contributed by atoms with E-state index >= 15 is 0 Å². The lowest BCUT2D eigenvalue weighted by Crippen LogP contribution is -1.89. The van der Waals surface area contributed by atoms with Crippen LogP contribution in [-0.4, -0.2) is 28.4 Å². The fourth-order valence-electron chi connectivity index (χ4n) is 3.66. The molecule has 0 atom stereocenters. The van der Waals surface area contributed by atoms with Gasteiger partial charge >= 0.3 is 0 Å². The third-order valence-electron chi connectivity index (χ3n) is 5.80. The molecular formula is C32H30O4S. The molecular weight excluding hydrogens is 480 g/mol. The maximum absolute atomic E-state index is 5.53. The molecule has 4 rings (SSSR count). The second kappa shape index (κ2) is 12.7. The van der Waals surface area contributed by atoms with Gasteiger partial charge in [-0.3, -0.25) is 0 Å². The van der Waals surface area contributed by atoms with E-state index in [2.05, 4.69) is 48.6 Å². The van der Waals surface area contributed by atoms with Crippen LogP contribution in [0.5, 0.6) is 23.0 Å². The molecule has 0 aromatic heterocycles. The molecule has 0 N–H and O–H groups in total. The van der Waals surface area contributed by atoms with Gasteiger partial charge in [0.1, 0.15) is 23.0 Å². The Kier molecular flexibility index (Phi) is 8.95. The first-order valence-corrected chi connectivity index (χ1v) is 12.6. The van der Waals surface area contributed by atoms with Crippen LogP contribution in [0.4, 0.5) is 0 Å². The molecule has 4 nitrogen and oxygen atoms in total. The zero-order chi connectivity index (χ0) is 26.0. The fraction of sp³-hybridized carbons (Fsp3) is 0.125. The average molecular weight is 511 g/mol. The van der Waals surface area contributed by atoms with Gasteiger partial charge in [0.25, 0.3) is 0 Å². The Balaban J connectivity index is 1.66. The topological polar surface area (TPSA) is 36.9 Å². The Morgan fingerprint density at radius 1 is 0.432 bits per heavy atom. The zero-order valence-electron chi connectivity index (χ0n) is 21.4. The quantitative estimate of drug-likeness (QED) is 0.201. The molecule has 0 spiro atoms. The van der Waals surface area contributed by atoms with Gasteiger partial charge in [0, 0.05) is 9.79 Å². The van der Waals surface area contributed by atoms with Crippen molar-refractivity contribution in [1.29, 1.82) is 0 Å². The first-order valence-electron chi connectivity index (χ1n) is 11.8. The highest BCUT2D eigenvalue weighted by atomic mass is 32.2. The average Bonchev–Trinajstić information content (AvgIpc) is 2.96. The number of rotatable bonds is 10. The summed E-state index contributed by atoms with van der Waals surface area (Å²) in [6.45, 7) is 0. The van der Waals surface area contributed by atoms with E-state index < -0.39 is 0 Å². The molecule has 0 saturated heterocycles.